The Morgan fingerprint density at radius 2 is 1.95 bits per heavy atom. The summed E-state index contributed by atoms with van der Waals surface area (Å²) in [5.41, 5.74) is 0.590. The predicted molar refractivity (Wildman–Crippen MR) is 72.7 cm³/mol. The maximum absolute atomic E-state index is 12.7. The molecular weight excluding hydrogens is 289 g/mol. The summed E-state index contributed by atoms with van der Waals surface area (Å²) in [7, 11) is 0. The SMILES string of the molecule is CC(Nc1ccc(Cl)nc1)c1cccc(C(F)(F)F)c1. The number of nitrogens with zero attached hydrogens (tertiary/aromatic N) is 1. The van der Waals surface area contributed by atoms with Crippen LogP contribution in [0, 0.1) is 0 Å². The molecular formula is C14H12ClF3N2. The number of benzene rings is 1. The van der Waals surface area contributed by atoms with Crippen molar-refractivity contribution in [2.75, 3.05) is 5.32 Å². The van der Waals surface area contributed by atoms with Crippen LogP contribution in [0.3, 0.4) is 0 Å². The molecule has 1 aromatic heterocycles. The van der Waals surface area contributed by atoms with Gasteiger partial charge in [-0.15, -0.1) is 0 Å². The number of alkyl halides is 3. The summed E-state index contributed by atoms with van der Waals surface area (Å²) >= 11 is 5.67. The van der Waals surface area contributed by atoms with Crippen molar-refractivity contribution in [3.8, 4) is 0 Å². The molecule has 1 unspecified atom stereocenters. The summed E-state index contributed by atoms with van der Waals surface area (Å²) in [4.78, 5) is 3.91. The van der Waals surface area contributed by atoms with Gasteiger partial charge >= 0.3 is 6.18 Å². The Morgan fingerprint density at radius 1 is 1.20 bits per heavy atom. The average molecular weight is 301 g/mol. The van der Waals surface area contributed by atoms with E-state index in [4.69, 9.17) is 11.6 Å². The van der Waals surface area contributed by atoms with Gasteiger partial charge < -0.3 is 5.32 Å². The van der Waals surface area contributed by atoms with Gasteiger partial charge in [0.2, 0.25) is 0 Å². The van der Waals surface area contributed by atoms with E-state index in [0.29, 0.717) is 16.4 Å². The number of halogens is 4. The van der Waals surface area contributed by atoms with Gasteiger partial charge in [0.1, 0.15) is 5.15 Å². The smallest absolute Gasteiger partial charge is 0.377 e. The molecule has 0 bridgehead atoms. The maximum atomic E-state index is 12.7. The topological polar surface area (TPSA) is 24.9 Å². The third-order valence-electron chi connectivity index (χ3n) is 2.82. The molecule has 2 nitrogen and oxygen atoms in total. The summed E-state index contributed by atoms with van der Waals surface area (Å²) in [5.74, 6) is 0. The van der Waals surface area contributed by atoms with Crippen molar-refractivity contribution in [2.45, 2.75) is 19.1 Å². The van der Waals surface area contributed by atoms with Crippen molar-refractivity contribution in [1.82, 2.24) is 4.98 Å². The molecule has 0 aliphatic carbocycles. The maximum Gasteiger partial charge on any atom is 0.416 e. The van der Waals surface area contributed by atoms with Crippen LogP contribution in [0.15, 0.2) is 42.6 Å². The van der Waals surface area contributed by atoms with E-state index in [-0.39, 0.29) is 6.04 Å². The van der Waals surface area contributed by atoms with Crippen molar-refractivity contribution in [1.29, 1.82) is 0 Å². The molecule has 20 heavy (non-hydrogen) atoms. The Kier molecular flexibility index (Phi) is 4.18. The van der Waals surface area contributed by atoms with Crippen molar-refractivity contribution in [3.05, 3.63) is 58.9 Å². The number of nitrogens with one attached hydrogen (secondary N) is 1. The van der Waals surface area contributed by atoms with E-state index in [1.807, 2.05) is 0 Å². The first-order chi connectivity index (χ1) is 9.36. The molecule has 2 rings (SSSR count). The van der Waals surface area contributed by atoms with Crippen LogP contribution >= 0.6 is 11.6 Å². The Morgan fingerprint density at radius 3 is 2.55 bits per heavy atom. The zero-order valence-electron chi connectivity index (χ0n) is 10.6. The lowest BCUT2D eigenvalue weighted by molar-refractivity contribution is -0.137. The molecule has 0 fully saturated rings. The number of pyridine rings is 1. The summed E-state index contributed by atoms with van der Waals surface area (Å²) in [6.07, 6.45) is -2.80. The molecule has 0 aliphatic heterocycles. The number of aromatic nitrogens is 1. The Bertz CT molecular complexity index is 582. The quantitative estimate of drug-likeness (QED) is 0.813. The Hall–Kier alpha value is -1.75. The molecule has 0 amide bonds. The second-order valence-electron chi connectivity index (χ2n) is 4.36. The van der Waals surface area contributed by atoms with Crippen molar-refractivity contribution < 1.29 is 13.2 Å². The predicted octanol–water partition coefficient (Wildman–Crippen LogP) is 4.93. The van der Waals surface area contributed by atoms with Crippen LogP contribution < -0.4 is 5.32 Å². The second kappa shape index (κ2) is 5.71. The van der Waals surface area contributed by atoms with E-state index < -0.39 is 11.7 Å². The minimum absolute atomic E-state index is 0.278. The summed E-state index contributed by atoms with van der Waals surface area (Å²) in [6.45, 7) is 1.78. The van der Waals surface area contributed by atoms with E-state index in [1.165, 1.54) is 12.3 Å². The van der Waals surface area contributed by atoms with E-state index in [2.05, 4.69) is 10.3 Å². The molecule has 2 aromatic rings. The van der Waals surface area contributed by atoms with Crippen LogP contribution in [-0.2, 0) is 6.18 Å². The highest BCUT2D eigenvalue weighted by Gasteiger charge is 2.30. The average Bonchev–Trinajstić information content (AvgIpc) is 2.40. The van der Waals surface area contributed by atoms with Gasteiger partial charge in [0.25, 0.3) is 0 Å². The van der Waals surface area contributed by atoms with Gasteiger partial charge in [-0.05, 0) is 36.8 Å². The molecule has 0 aliphatic rings. The highest BCUT2D eigenvalue weighted by molar-refractivity contribution is 6.29. The van der Waals surface area contributed by atoms with Gasteiger partial charge in [0, 0.05) is 6.04 Å². The second-order valence-corrected chi connectivity index (χ2v) is 4.75. The molecule has 1 aromatic carbocycles. The van der Waals surface area contributed by atoms with Crippen molar-refractivity contribution in [2.24, 2.45) is 0 Å². The van der Waals surface area contributed by atoms with Gasteiger partial charge in [0.05, 0.1) is 17.4 Å². The first-order valence-corrected chi connectivity index (χ1v) is 6.29. The molecule has 1 heterocycles. The number of hydrogen-bond donors (Lipinski definition) is 1. The third-order valence-corrected chi connectivity index (χ3v) is 3.05. The van der Waals surface area contributed by atoms with E-state index in [1.54, 1.807) is 25.1 Å². The highest BCUT2D eigenvalue weighted by Crippen LogP contribution is 2.31. The van der Waals surface area contributed by atoms with Gasteiger partial charge in [-0.1, -0.05) is 23.7 Å². The lowest BCUT2D eigenvalue weighted by atomic mass is 10.0. The third kappa shape index (κ3) is 3.63. The zero-order chi connectivity index (χ0) is 14.8. The van der Waals surface area contributed by atoms with Crippen LogP contribution in [0.25, 0.3) is 0 Å². The standard InChI is InChI=1S/C14H12ClF3N2/c1-9(20-12-5-6-13(15)19-8-12)10-3-2-4-11(7-10)14(16,17)18/h2-9,20H,1H3. The largest absolute Gasteiger partial charge is 0.416 e. The fourth-order valence-electron chi connectivity index (χ4n) is 1.78. The highest BCUT2D eigenvalue weighted by atomic mass is 35.5. The Balaban J connectivity index is 2.17. The molecule has 6 heteroatoms. The van der Waals surface area contributed by atoms with Crippen LogP contribution in [0.4, 0.5) is 18.9 Å². The minimum Gasteiger partial charge on any atom is -0.377 e. The van der Waals surface area contributed by atoms with Gasteiger partial charge in [-0.2, -0.15) is 13.2 Å². The number of anilines is 1. The number of hydrogen-bond acceptors (Lipinski definition) is 2. The van der Waals surface area contributed by atoms with Crippen LogP contribution in [0.5, 0.6) is 0 Å². The molecule has 1 atom stereocenters. The van der Waals surface area contributed by atoms with Crippen molar-refractivity contribution in [3.63, 3.8) is 0 Å². The van der Waals surface area contributed by atoms with Crippen LogP contribution in [0.2, 0.25) is 5.15 Å². The summed E-state index contributed by atoms with van der Waals surface area (Å²) in [6, 6.07) is 8.30. The molecule has 0 saturated carbocycles. The normalized spacial score (nSPS) is 13.1. The fourth-order valence-corrected chi connectivity index (χ4v) is 1.89. The van der Waals surface area contributed by atoms with Gasteiger partial charge in [0.15, 0.2) is 0 Å². The fraction of sp³-hybridized carbons (Fsp3) is 0.214. The monoisotopic (exact) mass is 300 g/mol. The first kappa shape index (κ1) is 14.7. The van der Waals surface area contributed by atoms with Crippen LogP contribution in [0.1, 0.15) is 24.1 Å². The zero-order valence-corrected chi connectivity index (χ0v) is 11.3. The summed E-state index contributed by atoms with van der Waals surface area (Å²) < 4.78 is 38.0. The molecule has 0 radical (unpaired) electrons. The molecule has 106 valence electrons. The number of rotatable bonds is 3. The first-order valence-electron chi connectivity index (χ1n) is 5.91. The molecule has 1 N–H and O–H groups in total. The van der Waals surface area contributed by atoms with Crippen LogP contribution in [-0.4, -0.2) is 4.98 Å². The summed E-state index contributed by atoms with van der Waals surface area (Å²) in [5, 5.41) is 3.44. The lowest BCUT2D eigenvalue weighted by Gasteiger charge is -2.17. The van der Waals surface area contributed by atoms with Gasteiger partial charge in [-0.25, -0.2) is 4.98 Å². The van der Waals surface area contributed by atoms with E-state index >= 15 is 0 Å². The van der Waals surface area contributed by atoms with E-state index in [9.17, 15) is 13.2 Å². The molecule has 0 spiro atoms. The minimum atomic E-state index is -4.34. The van der Waals surface area contributed by atoms with E-state index in [0.717, 1.165) is 12.1 Å². The van der Waals surface area contributed by atoms with Crippen molar-refractivity contribution >= 4 is 17.3 Å². The Labute approximate surface area is 119 Å². The van der Waals surface area contributed by atoms with Gasteiger partial charge in [-0.3, -0.25) is 0 Å². The lowest BCUT2D eigenvalue weighted by Crippen LogP contribution is -2.10. The molecule has 0 saturated heterocycles.